The standard InChI is InChI=1S/C24H17ClN2O2/c25-18-12-13-19-20(15-18)26-23(24(29)17-9-5-2-6-10-17)22(19)27-21(28)14-11-16-7-3-1-4-8-16/h1-15,26H,(H,27,28)/b14-11+. The van der Waals surface area contributed by atoms with E-state index in [1.54, 1.807) is 48.5 Å². The van der Waals surface area contributed by atoms with Gasteiger partial charge in [-0.25, -0.2) is 0 Å². The molecule has 2 N–H and O–H groups in total. The molecule has 1 heterocycles. The van der Waals surface area contributed by atoms with E-state index >= 15 is 0 Å². The van der Waals surface area contributed by atoms with Gasteiger partial charge in [0.25, 0.3) is 0 Å². The van der Waals surface area contributed by atoms with Crippen LogP contribution in [0.5, 0.6) is 0 Å². The lowest BCUT2D eigenvalue weighted by Crippen LogP contribution is -2.12. The van der Waals surface area contributed by atoms with E-state index in [0.29, 0.717) is 27.5 Å². The monoisotopic (exact) mass is 400 g/mol. The number of rotatable bonds is 5. The first kappa shape index (κ1) is 18.7. The number of halogens is 1. The van der Waals surface area contributed by atoms with Crippen molar-refractivity contribution >= 4 is 46.0 Å². The molecular weight excluding hydrogens is 384 g/mol. The zero-order valence-corrected chi connectivity index (χ0v) is 16.1. The Morgan fingerprint density at radius 1 is 0.897 bits per heavy atom. The van der Waals surface area contributed by atoms with Gasteiger partial charge in [0, 0.05) is 27.6 Å². The molecule has 0 fully saturated rings. The third kappa shape index (κ3) is 4.13. The fourth-order valence-electron chi connectivity index (χ4n) is 3.10. The third-order valence-corrected chi connectivity index (χ3v) is 4.73. The van der Waals surface area contributed by atoms with Crippen LogP contribution in [0.15, 0.2) is 84.9 Å². The summed E-state index contributed by atoms with van der Waals surface area (Å²) in [6.45, 7) is 0. The number of benzene rings is 3. The van der Waals surface area contributed by atoms with Gasteiger partial charge < -0.3 is 10.3 Å². The van der Waals surface area contributed by atoms with E-state index < -0.39 is 0 Å². The van der Waals surface area contributed by atoms with Gasteiger partial charge in [-0.1, -0.05) is 72.3 Å². The molecule has 0 saturated heterocycles. The quantitative estimate of drug-likeness (QED) is 0.333. The molecule has 0 aliphatic carbocycles. The Labute approximate surface area is 172 Å². The van der Waals surface area contributed by atoms with Crippen LogP contribution in [0.4, 0.5) is 5.69 Å². The first-order valence-corrected chi connectivity index (χ1v) is 9.45. The summed E-state index contributed by atoms with van der Waals surface area (Å²) in [7, 11) is 0. The van der Waals surface area contributed by atoms with E-state index in [4.69, 9.17) is 11.6 Å². The van der Waals surface area contributed by atoms with Crippen LogP contribution in [0.2, 0.25) is 5.02 Å². The number of carbonyl (C=O) groups is 2. The number of H-pyrrole nitrogens is 1. The lowest BCUT2D eigenvalue weighted by Gasteiger charge is -2.05. The smallest absolute Gasteiger partial charge is 0.248 e. The first-order valence-electron chi connectivity index (χ1n) is 9.07. The lowest BCUT2D eigenvalue weighted by molar-refractivity contribution is -0.111. The van der Waals surface area contributed by atoms with Crippen molar-refractivity contribution < 1.29 is 9.59 Å². The molecule has 0 aliphatic heterocycles. The molecule has 0 saturated carbocycles. The summed E-state index contributed by atoms with van der Waals surface area (Å²) in [5.74, 6) is -0.535. The van der Waals surface area contributed by atoms with E-state index in [1.807, 2.05) is 36.4 Å². The molecule has 0 atom stereocenters. The molecule has 29 heavy (non-hydrogen) atoms. The Balaban J connectivity index is 1.71. The van der Waals surface area contributed by atoms with Gasteiger partial charge in [-0.05, 0) is 29.8 Å². The van der Waals surface area contributed by atoms with Crippen molar-refractivity contribution in [3.8, 4) is 0 Å². The van der Waals surface area contributed by atoms with Crippen molar-refractivity contribution in [1.29, 1.82) is 0 Å². The van der Waals surface area contributed by atoms with Gasteiger partial charge in [0.1, 0.15) is 5.69 Å². The second-order valence-electron chi connectivity index (χ2n) is 6.49. The molecule has 0 bridgehead atoms. The average Bonchev–Trinajstić information content (AvgIpc) is 3.10. The minimum absolute atomic E-state index is 0.208. The van der Waals surface area contributed by atoms with Crippen molar-refractivity contribution in [2.45, 2.75) is 0 Å². The summed E-state index contributed by atoms with van der Waals surface area (Å²) in [6.07, 6.45) is 3.17. The van der Waals surface area contributed by atoms with Gasteiger partial charge in [-0.3, -0.25) is 9.59 Å². The highest BCUT2D eigenvalue weighted by atomic mass is 35.5. The maximum absolute atomic E-state index is 13.0. The molecule has 4 aromatic rings. The zero-order valence-electron chi connectivity index (χ0n) is 15.4. The van der Waals surface area contributed by atoms with Crippen LogP contribution in [-0.2, 0) is 4.79 Å². The van der Waals surface area contributed by atoms with Gasteiger partial charge in [-0.2, -0.15) is 0 Å². The highest BCUT2D eigenvalue weighted by Crippen LogP contribution is 2.31. The number of hydrogen-bond donors (Lipinski definition) is 2. The second-order valence-corrected chi connectivity index (χ2v) is 6.93. The fraction of sp³-hybridized carbons (Fsp3) is 0. The SMILES string of the molecule is O=C(/C=C/c1ccccc1)Nc1c(C(=O)c2ccccc2)[nH]c2cc(Cl)ccc12. The summed E-state index contributed by atoms with van der Waals surface area (Å²) in [5, 5.41) is 4.11. The number of anilines is 1. The molecule has 5 heteroatoms. The first-order chi connectivity index (χ1) is 14.1. The van der Waals surface area contributed by atoms with Gasteiger partial charge >= 0.3 is 0 Å². The van der Waals surface area contributed by atoms with Gasteiger partial charge in [-0.15, -0.1) is 0 Å². The summed E-state index contributed by atoms with van der Waals surface area (Å²) in [6, 6.07) is 23.7. The van der Waals surface area contributed by atoms with E-state index in [2.05, 4.69) is 10.3 Å². The lowest BCUT2D eigenvalue weighted by atomic mass is 10.1. The van der Waals surface area contributed by atoms with Crippen LogP contribution in [0.1, 0.15) is 21.6 Å². The largest absolute Gasteiger partial charge is 0.350 e. The van der Waals surface area contributed by atoms with Gasteiger partial charge in [0.05, 0.1) is 5.69 Å². The molecule has 4 rings (SSSR count). The molecule has 1 amide bonds. The molecule has 4 nitrogen and oxygen atoms in total. The summed E-state index contributed by atoms with van der Waals surface area (Å²) < 4.78 is 0. The highest BCUT2D eigenvalue weighted by molar-refractivity contribution is 6.31. The maximum Gasteiger partial charge on any atom is 0.248 e. The van der Waals surface area contributed by atoms with Gasteiger partial charge in [0.15, 0.2) is 0 Å². The third-order valence-electron chi connectivity index (χ3n) is 4.50. The van der Waals surface area contributed by atoms with Crippen molar-refractivity contribution in [2.24, 2.45) is 0 Å². The number of ketones is 1. The molecular formula is C24H17ClN2O2. The Morgan fingerprint density at radius 3 is 2.31 bits per heavy atom. The van der Waals surface area contributed by atoms with Crippen molar-refractivity contribution in [2.75, 3.05) is 5.32 Å². The van der Waals surface area contributed by atoms with Crippen LogP contribution < -0.4 is 5.32 Å². The predicted molar refractivity (Wildman–Crippen MR) is 117 cm³/mol. The number of hydrogen-bond acceptors (Lipinski definition) is 2. The molecule has 0 spiro atoms. The number of nitrogens with one attached hydrogen (secondary N) is 2. The van der Waals surface area contributed by atoms with Crippen molar-refractivity contribution in [3.63, 3.8) is 0 Å². The second kappa shape index (κ2) is 8.17. The van der Waals surface area contributed by atoms with Crippen LogP contribution in [0.25, 0.3) is 17.0 Å². The van der Waals surface area contributed by atoms with E-state index in [-0.39, 0.29) is 11.7 Å². The summed E-state index contributed by atoms with van der Waals surface area (Å²) in [4.78, 5) is 28.7. The van der Waals surface area contributed by atoms with E-state index in [0.717, 1.165) is 10.9 Å². The summed E-state index contributed by atoms with van der Waals surface area (Å²) in [5.41, 5.74) is 2.87. The molecule has 0 unspecified atom stereocenters. The molecule has 3 aromatic carbocycles. The van der Waals surface area contributed by atoms with E-state index in [1.165, 1.54) is 6.08 Å². The number of fused-ring (bicyclic) bond motifs is 1. The molecule has 0 aliphatic rings. The van der Waals surface area contributed by atoms with Gasteiger partial charge in [0.2, 0.25) is 11.7 Å². The molecule has 1 aromatic heterocycles. The average molecular weight is 401 g/mol. The van der Waals surface area contributed by atoms with Crippen LogP contribution in [0.3, 0.4) is 0 Å². The Kier molecular flexibility index (Phi) is 5.27. The maximum atomic E-state index is 13.0. The minimum Gasteiger partial charge on any atom is -0.350 e. The normalized spacial score (nSPS) is 11.1. The Morgan fingerprint density at radius 2 is 1.59 bits per heavy atom. The van der Waals surface area contributed by atoms with Crippen LogP contribution in [0, 0.1) is 0 Å². The van der Waals surface area contributed by atoms with Crippen molar-refractivity contribution in [1.82, 2.24) is 4.98 Å². The number of amides is 1. The Bertz CT molecular complexity index is 1210. The predicted octanol–water partition coefficient (Wildman–Crippen LogP) is 5.70. The highest BCUT2D eigenvalue weighted by Gasteiger charge is 2.20. The molecule has 0 radical (unpaired) electrons. The Hall–Kier alpha value is -3.63. The fourth-order valence-corrected chi connectivity index (χ4v) is 3.28. The van der Waals surface area contributed by atoms with Crippen LogP contribution in [-0.4, -0.2) is 16.7 Å². The number of aromatic amines is 1. The topological polar surface area (TPSA) is 62.0 Å². The number of aromatic nitrogens is 1. The summed E-state index contributed by atoms with van der Waals surface area (Å²) >= 11 is 6.10. The van der Waals surface area contributed by atoms with Crippen LogP contribution >= 0.6 is 11.6 Å². The zero-order chi connectivity index (χ0) is 20.2. The van der Waals surface area contributed by atoms with E-state index in [9.17, 15) is 9.59 Å². The minimum atomic E-state index is -0.327. The number of carbonyl (C=O) groups excluding carboxylic acids is 2. The molecule has 142 valence electrons. The van der Waals surface area contributed by atoms with Crippen molar-refractivity contribution in [3.05, 3.63) is 107 Å².